The monoisotopic (exact) mass is 308 g/mol. The smallest absolute Gasteiger partial charge is 0.141 e. The summed E-state index contributed by atoms with van der Waals surface area (Å²) in [6.45, 7) is 0. The summed E-state index contributed by atoms with van der Waals surface area (Å²) in [7, 11) is 0. The molecule has 4 bridgehead atoms. The van der Waals surface area contributed by atoms with E-state index < -0.39 is 0 Å². The third-order valence-electron chi connectivity index (χ3n) is 6.17. The van der Waals surface area contributed by atoms with Crippen LogP contribution in [0.15, 0.2) is 18.2 Å². The van der Waals surface area contributed by atoms with E-state index in [1.165, 1.54) is 38.2 Å². The molecule has 1 unspecified atom stereocenters. The van der Waals surface area contributed by atoms with Gasteiger partial charge in [-0.1, -0.05) is 17.7 Å². The van der Waals surface area contributed by atoms with E-state index in [1.807, 2.05) is 0 Å². The fourth-order valence-electron chi connectivity index (χ4n) is 5.64. The fraction of sp³-hybridized carbons (Fsp3) is 0.667. The van der Waals surface area contributed by atoms with Gasteiger partial charge in [-0.15, -0.1) is 0 Å². The maximum absolute atomic E-state index is 13.2. The molecule has 4 aliphatic carbocycles. The summed E-state index contributed by atoms with van der Waals surface area (Å²) in [4.78, 5) is 0. The molecule has 1 atom stereocenters. The molecule has 21 heavy (non-hydrogen) atoms. The lowest BCUT2D eigenvalue weighted by Gasteiger charge is -2.55. The molecule has 1 N–H and O–H groups in total. The first-order chi connectivity index (χ1) is 10.1. The zero-order chi connectivity index (χ0) is 14.6. The van der Waals surface area contributed by atoms with E-state index in [-0.39, 0.29) is 16.9 Å². The molecule has 4 fully saturated rings. The molecule has 4 saturated carbocycles. The van der Waals surface area contributed by atoms with Crippen molar-refractivity contribution in [2.75, 3.05) is 0 Å². The normalized spacial score (nSPS) is 38.7. The molecule has 3 heteroatoms. The second-order valence-electron chi connectivity index (χ2n) is 7.53. The molecule has 1 aromatic rings. The maximum atomic E-state index is 13.2. The molecular weight excluding hydrogens is 287 g/mol. The topological polar surface area (TPSA) is 20.2 Å². The summed E-state index contributed by atoms with van der Waals surface area (Å²) in [5, 5.41) is 10.9. The standard InChI is InChI=1S/C18H22ClFO/c19-15-8-10(1-2-16(15)20)9-17(21)18-13-4-11-3-12(6-13)7-14(18)5-11/h1-2,8,11-14,17-18,21H,3-7,9H2. The SMILES string of the molecule is OC(Cc1ccc(F)c(Cl)c1)C1C2CC3CC(C2)CC1C3. The van der Waals surface area contributed by atoms with Gasteiger partial charge in [0, 0.05) is 0 Å². The molecular formula is C18H22ClFO. The zero-order valence-electron chi connectivity index (χ0n) is 12.1. The summed E-state index contributed by atoms with van der Waals surface area (Å²) in [5.74, 6) is 3.35. The van der Waals surface area contributed by atoms with Gasteiger partial charge < -0.3 is 5.11 Å². The van der Waals surface area contributed by atoms with E-state index in [1.54, 1.807) is 12.1 Å². The van der Waals surface area contributed by atoms with Crippen LogP contribution in [0.5, 0.6) is 0 Å². The number of aliphatic hydroxyl groups excluding tert-OH is 1. The molecule has 114 valence electrons. The van der Waals surface area contributed by atoms with Crippen LogP contribution in [0.3, 0.4) is 0 Å². The fourth-order valence-corrected chi connectivity index (χ4v) is 5.84. The molecule has 0 amide bonds. The molecule has 0 heterocycles. The lowest BCUT2D eigenvalue weighted by Crippen LogP contribution is -2.49. The molecule has 0 aromatic heterocycles. The highest BCUT2D eigenvalue weighted by Crippen LogP contribution is 2.57. The number of benzene rings is 1. The van der Waals surface area contributed by atoms with Crippen molar-refractivity contribution in [3.05, 3.63) is 34.6 Å². The summed E-state index contributed by atoms with van der Waals surface area (Å²) in [5.41, 5.74) is 0.947. The van der Waals surface area contributed by atoms with Crippen LogP contribution in [0, 0.1) is 35.4 Å². The van der Waals surface area contributed by atoms with Gasteiger partial charge in [0.2, 0.25) is 0 Å². The Morgan fingerprint density at radius 1 is 1.10 bits per heavy atom. The summed E-state index contributed by atoms with van der Waals surface area (Å²) < 4.78 is 13.2. The van der Waals surface area contributed by atoms with Crippen molar-refractivity contribution in [2.45, 2.75) is 44.6 Å². The summed E-state index contributed by atoms with van der Waals surface area (Å²) in [6.07, 6.45) is 7.01. The average Bonchev–Trinajstić information content (AvgIpc) is 2.41. The zero-order valence-corrected chi connectivity index (χ0v) is 12.9. The Balaban J connectivity index is 1.49. The van der Waals surface area contributed by atoms with Crippen LogP contribution in [0.1, 0.15) is 37.7 Å². The van der Waals surface area contributed by atoms with Gasteiger partial charge in [0.1, 0.15) is 5.82 Å². The first-order valence-electron chi connectivity index (χ1n) is 8.22. The highest BCUT2D eigenvalue weighted by atomic mass is 35.5. The first-order valence-corrected chi connectivity index (χ1v) is 8.60. The molecule has 4 aliphatic rings. The Bertz CT molecular complexity index is 516. The minimum atomic E-state index is -0.385. The highest BCUT2D eigenvalue weighted by molar-refractivity contribution is 6.30. The van der Waals surface area contributed by atoms with E-state index >= 15 is 0 Å². The number of hydrogen-bond acceptors (Lipinski definition) is 1. The van der Waals surface area contributed by atoms with Crippen molar-refractivity contribution < 1.29 is 9.50 Å². The van der Waals surface area contributed by atoms with E-state index in [0.717, 1.165) is 17.4 Å². The minimum absolute atomic E-state index is 0.157. The molecule has 0 aliphatic heterocycles. The third kappa shape index (κ3) is 2.51. The lowest BCUT2D eigenvalue weighted by molar-refractivity contribution is -0.0887. The van der Waals surface area contributed by atoms with Gasteiger partial charge in [0.05, 0.1) is 11.1 Å². The van der Waals surface area contributed by atoms with Gasteiger partial charge in [0.25, 0.3) is 0 Å². The van der Waals surface area contributed by atoms with Crippen LogP contribution in [-0.2, 0) is 6.42 Å². The van der Waals surface area contributed by atoms with Gasteiger partial charge in [-0.05, 0) is 85.8 Å². The van der Waals surface area contributed by atoms with Crippen molar-refractivity contribution >= 4 is 11.6 Å². The number of hydrogen-bond donors (Lipinski definition) is 1. The van der Waals surface area contributed by atoms with E-state index in [2.05, 4.69) is 0 Å². The van der Waals surface area contributed by atoms with Crippen molar-refractivity contribution in [2.24, 2.45) is 29.6 Å². The Labute approximate surface area is 130 Å². The van der Waals surface area contributed by atoms with Gasteiger partial charge in [-0.25, -0.2) is 4.39 Å². The first kappa shape index (κ1) is 14.0. The van der Waals surface area contributed by atoms with Gasteiger partial charge >= 0.3 is 0 Å². The van der Waals surface area contributed by atoms with Crippen molar-refractivity contribution in [1.82, 2.24) is 0 Å². The molecule has 5 rings (SSSR count). The highest BCUT2D eigenvalue weighted by Gasteiger charge is 2.50. The van der Waals surface area contributed by atoms with E-state index in [0.29, 0.717) is 24.2 Å². The Kier molecular flexibility index (Phi) is 3.50. The second kappa shape index (κ2) is 5.24. The Morgan fingerprint density at radius 3 is 2.29 bits per heavy atom. The van der Waals surface area contributed by atoms with Crippen molar-refractivity contribution in [3.63, 3.8) is 0 Å². The van der Waals surface area contributed by atoms with Crippen molar-refractivity contribution in [1.29, 1.82) is 0 Å². The summed E-state index contributed by atoms with van der Waals surface area (Å²) in [6, 6.07) is 4.82. The predicted octanol–water partition coefficient (Wildman–Crippen LogP) is 4.45. The molecule has 0 spiro atoms. The minimum Gasteiger partial charge on any atom is -0.392 e. The summed E-state index contributed by atoms with van der Waals surface area (Å²) >= 11 is 5.85. The number of rotatable bonds is 3. The largest absolute Gasteiger partial charge is 0.392 e. The number of aliphatic hydroxyl groups is 1. The van der Waals surface area contributed by atoms with Crippen molar-refractivity contribution in [3.8, 4) is 0 Å². The van der Waals surface area contributed by atoms with Gasteiger partial charge in [-0.3, -0.25) is 0 Å². The van der Waals surface area contributed by atoms with E-state index in [4.69, 9.17) is 11.6 Å². The van der Waals surface area contributed by atoms with Crippen LogP contribution >= 0.6 is 11.6 Å². The van der Waals surface area contributed by atoms with Crippen LogP contribution in [0.25, 0.3) is 0 Å². The van der Waals surface area contributed by atoms with Crippen LogP contribution in [0.4, 0.5) is 4.39 Å². The molecule has 0 radical (unpaired) electrons. The van der Waals surface area contributed by atoms with Crippen LogP contribution in [-0.4, -0.2) is 11.2 Å². The Morgan fingerprint density at radius 2 is 1.71 bits per heavy atom. The quantitative estimate of drug-likeness (QED) is 0.874. The van der Waals surface area contributed by atoms with Crippen LogP contribution in [0.2, 0.25) is 5.02 Å². The van der Waals surface area contributed by atoms with Gasteiger partial charge in [-0.2, -0.15) is 0 Å². The average molecular weight is 309 g/mol. The number of halogens is 2. The molecule has 0 saturated heterocycles. The maximum Gasteiger partial charge on any atom is 0.141 e. The van der Waals surface area contributed by atoms with Crippen LogP contribution < -0.4 is 0 Å². The lowest BCUT2D eigenvalue weighted by atomic mass is 9.50. The molecule has 1 nitrogen and oxygen atoms in total. The Hall–Kier alpha value is -0.600. The third-order valence-corrected chi connectivity index (χ3v) is 6.46. The van der Waals surface area contributed by atoms with E-state index in [9.17, 15) is 9.50 Å². The molecule has 1 aromatic carbocycles. The van der Waals surface area contributed by atoms with Gasteiger partial charge in [0.15, 0.2) is 0 Å². The predicted molar refractivity (Wildman–Crippen MR) is 81.7 cm³/mol. The second-order valence-corrected chi connectivity index (χ2v) is 7.94.